The normalized spacial score (nSPS) is 16.2. The van der Waals surface area contributed by atoms with Gasteiger partial charge in [-0.2, -0.15) is 39.5 Å². The number of anilines is 2. The molecule has 0 saturated carbocycles. The molecule has 2 aromatic carbocycles. The average Bonchev–Trinajstić information content (AvgIpc) is 3.07. The summed E-state index contributed by atoms with van der Waals surface area (Å²) >= 11 is 3.17. The number of ether oxygens (including phenoxy) is 2. The van der Waals surface area contributed by atoms with Crippen molar-refractivity contribution < 1.29 is 58.6 Å². The van der Waals surface area contributed by atoms with E-state index in [2.05, 4.69) is 31.2 Å². The van der Waals surface area contributed by atoms with E-state index < -0.39 is 59.8 Å². The molecule has 0 radical (unpaired) electrons. The van der Waals surface area contributed by atoms with Crippen LogP contribution in [-0.4, -0.2) is 41.3 Å². The predicted octanol–water partition coefficient (Wildman–Crippen LogP) is 10.1. The summed E-state index contributed by atoms with van der Waals surface area (Å²) in [6.07, 6.45) is -13.5. The molecule has 0 fully saturated rings. The van der Waals surface area contributed by atoms with Gasteiger partial charge in [-0.1, -0.05) is 6.92 Å². The maximum absolute atomic E-state index is 13.9. The summed E-state index contributed by atoms with van der Waals surface area (Å²) < 4.78 is 133. The number of halogens is 10. The molecule has 0 aliphatic carbocycles. The Morgan fingerprint density at radius 2 is 1.60 bits per heavy atom. The maximum Gasteiger partial charge on any atom is 0.416 e. The Balaban J connectivity index is 1.62. The average molecular weight is 812 g/mol. The van der Waals surface area contributed by atoms with E-state index >= 15 is 0 Å². The van der Waals surface area contributed by atoms with E-state index in [0.717, 1.165) is 18.2 Å². The smallest absolute Gasteiger partial charge is 0.416 e. The second-order valence-corrected chi connectivity index (χ2v) is 12.6. The standard InChI is InChI=1S/C34H32BrF9N4O4/c1-3-23-16-27(46-30-45-17-26(35)28(47-30)13-19-11-21(33(39,40)41)14-22(12-19)34(42,43)44)25-15-20(32(36,37)38)8-9-29(25)48(23)31(50)52-10-6-5-7-24(18-49)51-4-2/h8-9,11-12,14-15,17,23,27H,3-7,10,13,16H2,1-2H3,(H,45,46,47)/t23-,27+/m1/s1. The highest BCUT2D eigenvalue weighted by atomic mass is 79.9. The number of rotatable bonds is 12. The number of fused-ring (bicyclic) bond motifs is 1. The lowest BCUT2D eigenvalue weighted by molar-refractivity contribution is -0.143. The fraction of sp³-hybridized carbons (Fsp3) is 0.441. The Hall–Kier alpha value is -4.31. The maximum atomic E-state index is 13.9. The quantitative estimate of drug-likeness (QED) is 0.0843. The molecule has 2 atom stereocenters. The Morgan fingerprint density at radius 1 is 0.942 bits per heavy atom. The van der Waals surface area contributed by atoms with Crippen molar-refractivity contribution in [1.82, 2.24) is 9.97 Å². The highest BCUT2D eigenvalue weighted by Crippen LogP contribution is 2.43. The number of nitrogens with zero attached hydrogens (tertiary/aromatic N) is 3. The molecule has 0 unspecified atom stereocenters. The van der Waals surface area contributed by atoms with Crippen LogP contribution in [0.3, 0.4) is 0 Å². The molecule has 8 nitrogen and oxygen atoms in total. The fourth-order valence-corrected chi connectivity index (χ4v) is 6.01. The summed E-state index contributed by atoms with van der Waals surface area (Å²) in [5, 5.41) is 2.96. The highest BCUT2D eigenvalue weighted by Gasteiger charge is 2.40. The van der Waals surface area contributed by atoms with Gasteiger partial charge < -0.3 is 14.8 Å². The molecule has 0 spiro atoms. The Bertz CT molecular complexity index is 1760. The van der Waals surface area contributed by atoms with Crippen LogP contribution in [0.2, 0.25) is 0 Å². The van der Waals surface area contributed by atoms with Crippen LogP contribution < -0.4 is 10.2 Å². The van der Waals surface area contributed by atoms with Gasteiger partial charge in [-0.05, 0) is 96.1 Å². The van der Waals surface area contributed by atoms with Gasteiger partial charge in [-0.25, -0.2) is 19.6 Å². The number of nitrogens with one attached hydrogen (secondary N) is 1. The lowest BCUT2D eigenvalue weighted by Gasteiger charge is -2.40. The van der Waals surface area contributed by atoms with Gasteiger partial charge in [0, 0.05) is 25.1 Å². The molecule has 3 aromatic rings. The van der Waals surface area contributed by atoms with Crippen molar-refractivity contribution in [1.29, 1.82) is 0 Å². The molecular weight excluding hydrogens is 779 g/mol. The minimum absolute atomic E-state index is 0.000667. The van der Waals surface area contributed by atoms with Crippen molar-refractivity contribution in [3.8, 4) is 0 Å². The second-order valence-electron chi connectivity index (χ2n) is 11.7. The third kappa shape index (κ3) is 10.2. The van der Waals surface area contributed by atoms with Gasteiger partial charge in [0.05, 0.1) is 51.8 Å². The molecule has 0 bridgehead atoms. The van der Waals surface area contributed by atoms with E-state index in [4.69, 9.17) is 9.47 Å². The monoisotopic (exact) mass is 810 g/mol. The number of hydrogen-bond donors (Lipinski definition) is 1. The first-order chi connectivity index (χ1) is 24.3. The zero-order chi connectivity index (χ0) is 38.4. The molecule has 4 rings (SSSR count). The van der Waals surface area contributed by atoms with Crippen LogP contribution in [0.4, 0.5) is 55.9 Å². The van der Waals surface area contributed by atoms with Gasteiger partial charge in [0.2, 0.25) is 5.95 Å². The Kier molecular flexibility index (Phi) is 12.9. The van der Waals surface area contributed by atoms with Gasteiger partial charge >= 0.3 is 24.6 Å². The number of allylic oxidation sites excluding steroid dienone is 1. The van der Waals surface area contributed by atoms with Crippen LogP contribution in [-0.2, 0) is 39.2 Å². The van der Waals surface area contributed by atoms with Crippen molar-refractivity contribution in [2.75, 3.05) is 23.4 Å². The molecule has 1 amide bonds. The fourth-order valence-electron chi connectivity index (χ4n) is 5.67. The molecule has 1 aliphatic heterocycles. The lowest BCUT2D eigenvalue weighted by atomic mass is 9.89. The molecule has 0 saturated heterocycles. The van der Waals surface area contributed by atoms with Crippen molar-refractivity contribution in [2.45, 2.75) is 83.0 Å². The first kappa shape index (κ1) is 40.5. The van der Waals surface area contributed by atoms with Gasteiger partial charge in [-0.3, -0.25) is 4.90 Å². The van der Waals surface area contributed by atoms with E-state index in [-0.39, 0.29) is 64.2 Å². The van der Waals surface area contributed by atoms with Gasteiger partial charge in [0.25, 0.3) is 0 Å². The number of hydrogen-bond acceptors (Lipinski definition) is 7. The number of alkyl halides is 9. The van der Waals surface area contributed by atoms with Gasteiger partial charge in [-0.15, -0.1) is 0 Å². The van der Waals surface area contributed by atoms with E-state index in [1.54, 1.807) is 19.8 Å². The second kappa shape index (κ2) is 16.6. The third-order valence-electron chi connectivity index (χ3n) is 8.13. The summed E-state index contributed by atoms with van der Waals surface area (Å²) in [5.41, 5.74) is -4.18. The molecule has 1 N–H and O–H groups in total. The Labute approximate surface area is 300 Å². The van der Waals surface area contributed by atoms with Crippen molar-refractivity contribution >= 4 is 39.6 Å². The summed E-state index contributed by atoms with van der Waals surface area (Å²) in [6.45, 7) is 3.72. The topological polar surface area (TPSA) is 93.7 Å². The van der Waals surface area contributed by atoms with Crippen molar-refractivity contribution in [3.05, 3.63) is 86.3 Å². The molecule has 1 aromatic heterocycles. The summed E-state index contributed by atoms with van der Waals surface area (Å²) in [7, 11) is 0. The van der Waals surface area contributed by atoms with Crippen LogP contribution in [0.15, 0.2) is 52.8 Å². The number of aromatic nitrogens is 2. The van der Waals surface area contributed by atoms with E-state index in [0.29, 0.717) is 38.0 Å². The summed E-state index contributed by atoms with van der Waals surface area (Å²) in [4.78, 5) is 34.0. The minimum Gasteiger partial charge on any atom is -0.487 e. The van der Waals surface area contributed by atoms with Crippen LogP contribution in [0, 0.1) is 0 Å². The SMILES string of the molecule is CCOC(=C=O)CCCCOC(=O)N1c2ccc(C(F)(F)F)cc2[C@@H](Nc2ncc(Br)c(Cc3cc(C(F)(F)F)cc(C(F)(F)F)c3)n2)C[C@H]1CC. The lowest BCUT2D eigenvalue weighted by Crippen LogP contribution is -2.46. The molecule has 2 heterocycles. The number of unbranched alkanes of at least 4 members (excludes halogenated alkanes) is 1. The zero-order valence-corrected chi connectivity index (χ0v) is 29.2. The summed E-state index contributed by atoms with van der Waals surface area (Å²) in [6, 6.07) is 2.51. The Morgan fingerprint density at radius 3 is 2.17 bits per heavy atom. The highest BCUT2D eigenvalue weighted by molar-refractivity contribution is 9.10. The number of carbonyl (C=O) groups is 1. The molecule has 18 heteroatoms. The zero-order valence-electron chi connectivity index (χ0n) is 27.6. The minimum atomic E-state index is -5.06. The van der Waals surface area contributed by atoms with E-state index in [1.165, 1.54) is 11.1 Å². The molecule has 1 aliphatic rings. The van der Waals surface area contributed by atoms with Crippen LogP contribution >= 0.6 is 15.9 Å². The van der Waals surface area contributed by atoms with Crippen molar-refractivity contribution in [3.63, 3.8) is 0 Å². The van der Waals surface area contributed by atoms with Gasteiger partial charge in [0.15, 0.2) is 11.7 Å². The predicted molar refractivity (Wildman–Crippen MR) is 174 cm³/mol. The first-order valence-corrected chi connectivity index (χ1v) is 16.7. The van der Waals surface area contributed by atoms with Crippen molar-refractivity contribution in [2.24, 2.45) is 0 Å². The third-order valence-corrected chi connectivity index (χ3v) is 8.79. The van der Waals surface area contributed by atoms with Crippen LogP contribution in [0.1, 0.15) is 85.5 Å². The summed E-state index contributed by atoms with van der Waals surface area (Å²) in [5.74, 6) is 1.67. The van der Waals surface area contributed by atoms with Crippen LogP contribution in [0.5, 0.6) is 0 Å². The van der Waals surface area contributed by atoms with Gasteiger partial charge in [0.1, 0.15) is 0 Å². The van der Waals surface area contributed by atoms with E-state index in [9.17, 15) is 49.1 Å². The number of benzene rings is 2. The van der Waals surface area contributed by atoms with Crippen LogP contribution in [0.25, 0.3) is 0 Å². The molecule has 282 valence electrons. The largest absolute Gasteiger partial charge is 0.487 e. The number of carbonyl (C=O) groups excluding carboxylic acids is 2. The molecule has 52 heavy (non-hydrogen) atoms. The first-order valence-electron chi connectivity index (χ1n) is 16.0. The van der Waals surface area contributed by atoms with E-state index in [1.807, 2.05) is 0 Å². The number of amides is 1. The molecular formula is C34H32BrF9N4O4.